The Morgan fingerprint density at radius 2 is 0.787 bits per heavy atom. The number of hydrogen-bond acceptors (Lipinski definition) is 14. The first kappa shape index (κ1) is 51.8. The zero-order valence-electron chi connectivity index (χ0n) is 28.9. The number of ether oxygens (including phenoxy) is 8. The Bertz CT molecular complexity index is 637. The summed E-state index contributed by atoms with van der Waals surface area (Å²) in [6.45, 7) is 21.1. The number of carbonyl (C=O) groups is 2. The van der Waals surface area contributed by atoms with Gasteiger partial charge in [-0.1, -0.05) is 13.2 Å². The lowest BCUT2D eigenvalue weighted by Crippen LogP contribution is -2.24. The van der Waals surface area contributed by atoms with E-state index in [2.05, 4.69) is 13.2 Å². The molecule has 0 heterocycles. The van der Waals surface area contributed by atoms with Crippen LogP contribution in [0.3, 0.4) is 0 Å². The zero-order chi connectivity index (χ0) is 36.7. The molecule has 3 unspecified atom stereocenters. The highest BCUT2D eigenvalue weighted by molar-refractivity contribution is 5.85. The van der Waals surface area contributed by atoms with Crippen molar-refractivity contribution in [2.24, 2.45) is 0 Å². The molecule has 0 saturated heterocycles. The highest BCUT2D eigenvalue weighted by Crippen LogP contribution is 1.97. The molecular weight excluding hydrogens is 628 g/mol. The molecule has 0 amide bonds. The summed E-state index contributed by atoms with van der Waals surface area (Å²) in [6, 6.07) is 0. The van der Waals surface area contributed by atoms with Gasteiger partial charge in [-0.15, -0.1) is 0 Å². The number of hydrogen-bond donors (Lipinski definition) is 6. The Hall–Kier alpha value is -2.06. The van der Waals surface area contributed by atoms with Gasteiger partial charge >= 0.3 is 11.9 Å². The van der Waals surface area contributed by atoms with Crippen LogP contribution in [0.15, 0.2) is 24.3 Å². The van der Waals surface area contributed by atoms with Crippen LogP contribution in [0.5, 0.6) is 0 Å². The Balaban J connectivity index is -0.000000309. The van der Waals surface area contributed by atoms with Crippen molar-refractivity contribution in [3.63, 3.8) is 0 Å². The van der Waals surface area contributed by atoms with E-state index in [4.69, 9.17) is 68.5 Å². The van der Waals surface area contributed by atoms with E-state index in [0.717, 1.165) is 0 Å². The van der Waals surface area contributed by atoms with Crippen molar-refractivity contribution in [1.29, 1.82) is 0 Å². The van der Waals surface area contributed by atoms with Gasteiger partial charge in [-0.3, -0.25) is 0 Å². The molecule has 0 rings (SSSR count). The maximum Gasteiger partial charge on any atom is 0.330 e. The number of rotatable bonds is 28. The van der Waals surface area contributed by atoms with Crippen LogP contribution in [-0.2, 0) is 47.5 Å². The Morgan fingerprint density at radius 1 is 0.532 bits per heavy atom. The lowest BCUT2D eigenvalue weighted by Gasteiger charge is -2.16. The van der Waals surface area contributed by atoms with Gasteiger partial charge in [-0.2, -0.15) is 0 Å². The molecule has 0 fully saturated rings. The monoisotopic (exact) mass is 690 g/mol. The van der Waals surface area contributed by atoms with Crippen LogP contribution >= 0.6 is 0 Å². The molecule has 0 saturated carbocycles. The predicted octanol–water partition coefficient (Wildman–Crippen LogP) is 0.535. The maximum absolute atomic E-state index is 9.60. The molecule has 0 bridgehead atoms. The molecule has 0 aliphatic rings. The number of aliphatic hydroxyl groups is 4. The molecule has 0 aromatic heterocycles. The summed E-state index contributed by atoms with van der Waals surface area (Å²) < 4.78 is 41.7. The van der Waals surface area contributed by atoms with Crippen molar-refractivity contribution in [2.45, 2.75) is 52.9 Å². The molecule has 282 valence electrons. The zero-order valence-corrected chi connectivity index (χ0v) is 28.9. The van der Waals surface area contributed by atoms with E-state index in [-0.39, 0.29) is 43.2 Å². The Kier molecular flexibility index (Phi) is 46.2. The molecule has 6 N–H and O–H groups in total. The molecule has 0 aliphatic carbocycles. The van der Waals surface area contributed by atoms with Crippen molar-refractivity contribution >= 4 is 11.9 Å². The Labute approximate surface area is 279 Å². The van der Waals surface area contributed by atoms with Crippen molar-refractivity contribution in [3.05, 3.63) is 24.3 Å². The number of aliphatic hydroxyl groups excluding tert-OH is 4. The highest BCUT2D eigenvalue weighted by Gasteiger charge is 2.07. The lowest BCUT2D eigenvalue weighted by molar-refractivity contribution is -0.133. The van der Waals surface area contributed by atoms with Gasteiger partial charge < -0.3 is 68.5 Å². The van der Waals surface area contributed by atoms with Crippen LogP contribution in [0.2, 0.25) is 0 Å². The molecule has 0 aromatic carbocycles. The van der Waals surface area contributed by atoms with E-state index in [1.807, 2.05) is 6.92 Å². The molecule has 3 atom stereocenters. The van der Waals surface area contributed by atoms with Crippen LogP contribution in [0.25, 0.3) is 0 Å². The first-order valence-electron chi connectivity index (χ1n) is 15.2. The van der Waals surface area contributed by atoms with Crippen molar-refractivity contribution in [1.82, 2.24) is 0 Å². The van der Waals surface area contributed by atoms with Crippen molar-refractivity contribution in [2.75, 3.05) is 112 Å². The second kappa shape index (κ2) is 42.0. The summed E-state index contributed by atoms with van der Waals surface area (Å²) in [6.07, 6.45) is -0.654. The summed E-state index contributed by atoms with van der Waals surface area (Å²) >= 11 is 0. The van der Waals surface area contributed by atoms with Crippen LogP contribution in [-0.4, -0.2) is 173 Å². The van der Waals surface area contributed by atoms with Gasteiger partial charge in [-0.25, -0.2) is 9.59 Å². The first-order valence-corrected chi connectivity index (χ1v) is 15.2. The smallest absolute Gasteiger partial charge is 0.330 e. The standard InChI is InChI=1S/C14H30O8.C9H20O4.2C4H6O2/c15-1-3-17-5-7-19-9-11-21-13-14-22-12-10-20-8-6-18-4-2-16;1-7(11)5-12-9(3)6-13-8(2)4-10;2*1-3(2)4(5)6/h15-16H,1-14H2;7-11H,4-6H2,1-3H3;2*1H2,2H3,(H,5,6). The van der Waals surface area contributed by atoms with Crippen LogP contribution in [0.4, 0.5) is 0 Å². The van der Waals surface area contributed by atoms with Gasteiger partial charge in [0.1, 0.15) is 0 Å². The van der Waals surface area contributed by atoms with Gasteiger partial charge in [0.2, 0.25) is 0 Å². The largest absolute Gasteiger partial charge is 0.478 e. The summed E-state index contributed by atoms with van der Waals surface area (Å²) in [4.78, 5) is 19.2. The van der Waals surface area contributed by atoms with Gasteiger partial charge in [0.05, 0.1) is 131 Å². The van der Waals surface area contributed by atoms with Crippen LogP contribution in [0.1, 0.15) is 34.6 Å². The topological polar surface area (TPSA) is 229 Å². The van der Waals surface area contributed by atoms with Gasteiger partial charge in [0.15, 0.2) is 0 Å². The Morgan fingerprint density at radius 3 is 1.00 bits per heavy atom. The van der Waals surface area contributed by atoms with E-state index in [1.165, 1.54) is 13.8 Å². The van der Waals surface area contributed by atoms with E-state index in [0.29, 0.717) is 92.5 Å². The minimum Gasteiger partial charge on any atom is -0.478 e. The van der Waals surface area contributed by atoms with Gasteiger partial charge in [0, 0.05) is 11.1 Å². The number of carboxylic acids is 2. The van der Waals surface area contributed by atoms with E-state index in [1.54, 1.807) is 13.8 Å². The average molecular weight is 691 g/mol. The molecule has 16 heteroatoms. The molecule has 47 heavy (non-hydrogen) atoms. The molecule has 0 aliphatic heterocycles. The highest BCUT2D eigenvalue weighted by atomic mass is 16.6. The predicted molar refractivity (Wildman–Crippen MR) is 174 cm³/mol. The second-order valence-corrected chi connectivity index (χ2v) is 9.61. The molecule has 0 aromatic rings. The first-order chi connectivity index (χ1) is 22.3. The third-order valence-electron chi connectivity index (χ3n) is 4.56. The fourth-order valence-electron chi connectivity index (χ4n) is 2.03. The third kappa shape index (κ3) is 56.6. The van der Waals surface area contributed by atoms with Crippen molar-refractivity contribution < 1.29 is 78.1 Å². The molecular formula is C31H62O16. The van der Waals surface area contributed by atoms with Gasteiger partial charge in [0.25, 0.3) is 0 Å². The van der Waals surface area contributed by atoms with E-state index >= 15 is 0 Å². The maximum atomic E-state index is 9.60. The molecule has 16 nitrogen and oxygen atoms in total. The second-order valence-electron chi connectivity index (χ2n) is 9.61. The summed E-state index contributed by atoms with van der Waals surface area (Å²) in [5, 5.41) is 50.3. The minimum absolute atomic E-state index is 0.0170. The minimum atomic E-state index is -0.935. The summed E-state index contributed by atoms with van der Waals surface area (Å²) in [5.41, 5.74) is 0.352. The quantitative estimate of drug-likeness (QED) is 0.0486. The number of carboxylic acid groups (broad SMARTS) is 2. The lowest BCUT2D eigenvalue weighted by atomic mass is 10.4. The fourth-order valence-corrected chi connectivity index (χ4v) is 2.03. The van der Waals surface area contributed by atoms with Crippen LogP contribution < -0.4 is 0 Å². The SMILES string of the molecule is C=C(C)C(=O)O.C=C(C)C(=O)O.CC(O)COC(C)COC(C)CO.OCCOCCOCCOCCOCCOCCOCCO. The summed E-state index contributed by atoms with van der Waals surface area (Å²) in [5.74, 6) is -1.87. The van der Waals surface area contributed by atoms with E-state index < -0.39 is 18.0 Å². The average Bonchev–Trinajstić information content (AvgIpc) is 3.02. The molecule has 0 spiro atoms. The summed E-state index contributed by atoms with van der Waals surface area (Å²) in [7, 11) is 0. The number of aliphatic carboxylic acids is 2. The third-order valence-corrected chi connectivity index (χ3v) is 4.56. The molecule has 0 radical (unpaired) electrons. The fraction of sp³-hybridized carbons (Fsp3) is 0.806. The van der Waals surface area contributed by atoms with Gasteiger partial charge in [-0.05, 0) is 34.6 Å². The van der Waals surface area contributed by atoms with Crippen LogP contribution in [0, 0.1) is 0 Å². The normalized spacial score (nSPS) is 12.2. The van der Waals surface area contributed by atoms with Crippen molar-refractivity contribution in [3.8, 4) is 0 Å². The van der Waals surface area contributed by atoms with E-state index in [9.17, 15) is 9.59 Å².